The van der Waals surface area contributed by atoms with Gasteiger partial charge in [-0.05, 0) is 32.9 Å². The number of hydrogen-bond acceptors (Lipinski definition) is 4. The van der Waals surface area contributed by atoms with E-state index < -0.39 is 5.60 Å². The number of likely N-dealkylation sites (tertiary alicyclic amines) is 1. The van der Waals surface area contributed by atoms with Gasteiger partial charge in [0.05, 0.1) is 0 Å². The fourth-order valence-electron chi connectivity index (χ4n) is 2.99. The summed E-state index contributed by atoms with van der Waals surface area (Å²) in [6, 6.07) is 3.29. The Morgan fingerprint density at radius 2 is 2.00 bits per heavy atom. The molecule has 23 heavy (non-hydrogen) atoms. The van der Waals surface area contributed by atoms with Crippen LogP contribution >= 0.6 is 11.6 Å². The third kappa shape index (κ3) is 3.58. The van der Waals surface area contributed by atoms with Gasteiger partial charge in [0.1, 0.15) is 10.8 Å². The summed E-state index contributed by atoms with van der Waals surface area (Å²) >= 11 is 5.79. The van der Waals surface area contributed by atoms with Crippen molar-refractivity contribution in [3.63, 3.8) is 0 Å². The first-order valence-electron chi connectivity index (χ1n) is 7.65. The van der Waals surface area contributed by atoms with Crippen LogP contribution in [-0.2, 0) is 4.74 Å². The molecule has 2 amide bonds. The minimum absolute atomic E-state index is 0.119. The number of fused-ring (bicyclic) bond motifs is 1. The molecule has 3 rings (SSSR count). The molecule has 2 fully saturated rings. The number of nitrogens with one attached hydrogen (secondary N) is 1. The highest BCUT2D eigenvalue weighted by Crippen LogP contribution is 2.45. The van der Waals surface area contributed by atoms with Gasteiger partial charge in [-0.25, -0.2) is 9.78 Å². The Morgan fingerprint density at radius 1 is 1.35 bits per heavy atom. The fourth-order valence-corrected chi connectivity index (χ4v) is 3.17. The van der Waals surface area contributed by atoms with E-state index in [4.69, 9.17) is 16.3 Å². The molecule has 1 N–H and O–H groups in total. The highest BCUT2D eigenvalue weighted by atomic mass is 35.5. The van der Waals surface area contributed by atoms with Crippen LogP contribution in [0.2, 0.25) is 5.15 Å². The van der Waals surface area contributed by atoms with Gasteiger partial charge in [0.25, 0.3) is 5.91 Å². The Kier molecular flexibility index (Phi) is 3.96. The average Bonchev–Trinajstić information content (AvgIpc) is 2.90. The van der Waals surface area contributed by atoms with Crippen LogP contribution in [0.25, 0.3) is 0 Å². The van der Waals surface area contributed by atoms with Crippen molar-refractivity contribution < 1.29 is 14.3 Å². The van der Waals surface area contributed by atoms with E-state index in [1.165, 1.54) is 6.20 Å². The summed E-state index contributed by atoms with van der Waals surface area (Å²) in [4.78, 5) is 29.8. The van der Waals surface area contributed by atoms with Crippen LogP contribution in [0.15, 0.2) is 18.3 Å². The maximum Gasteiger partial charge on any atom is 0.410 e. The maximum absolute atomic E-state index is 12.2. The van der Waals surface area contributed by atoms with Gasteiger partial charge in [0, 0.05) is 42.7 Å². The van der Waals surface area contributed by atoms with Crippen molar-refractivity contribution in [3.8, 4) is 0 Å². The van der Waals surface area contributed by atoms with E-state index >= 15 is 0 Å². The summed E-state index contributed by atoms with van der Waals surface area (Å²) < 4.78 is 5.37. The van der Waals surface area contributed by atoms with E-state index in [9.17, 15) is 9.59 Å². The first-order valence-corrected chi connectivity index (χ1v) is 8.03. The minimum Gasteiger partial charge on any atom is -0.444 e. The molecule has 1 saturated carbocycles. The molecule has 1 aliphatic carbocycles. The second-order valence-corrected chi connectivity index (χ2v) is 7.47. The Labute approximate surface area is 140 Å². The number of aromatic nitrogens is 1. The normalized spacial score (nSPS) is 25.7. The van der Waals surface area contributed by atoms with E-state index in [2.05, 4.69) is 10.3 Å². The van der Waals surface area contributed by atoms with Crippen molar-refractivity contribution in [1.82, 2.24) is 15.2 Å². The van der Waals surface area contributed by atoms with Gasteiger partial charge >= 0.3 is 6.09 Å². The number of hydrogen-bond donors (Lipinski definition) is 1. The van der Waals surface area contributed by atoms with Crippen molar-refractivity contribution in [2.45, 2.75) is 32.4 Å². The summed E-state index contributed by atoms with van der Waals surface area (Å²) in [5.41, 5.74) is 0.0110. The molecular weight excluding hydrogens is 318 g/mol. The van der Waals surface area contributed by atoms with Crippen LogP contribution in [0, 0.1) is 11.8 Å². The topological polar surface area (TPSA) is 71.5 Å². The molecule has 3 atom stereocenters. The zero-order valence-corrected chi connectivity index (χ0v) is 14.1. The van der Waals surface area contributed by atoms with Crippen molar-refractivity contribution in [1.29, 1.82) is 0 Å². The van der Waals surface area contributed by atoms with Crippen LogP contribution in [0.3, 0.4) is 0 Å². The lowest BCUT2D eigenvalue weighted by Crippen LogP contribution is -2.40. The maximum atomic E-state index is 12.2. The smallest absolute Gasteiger partial charge is 0.410 e. The summed E-state index contributed by atoms with van der Waals surface area (Å²) in [6.45, 7) is 6.81. The van der Waals surface area contributed by atoms with Crippen molar-refractivity contribution in [2.75, 3.05) is 13.1 Å². The number of piperidine rings is 1. The quantitative estimate of drug-likeness (QED) is 0.841. The summed E-state index contributed by atoms with van der Waals surface area (Å²) in [5, 5.41) is 3.30. The lowest BCUT2D eigenvalue weighted by Gasteiger charge is -2.26. The molecule has 1 aromatic rings. The highest BCUT2D eigenvalue weighted by molar-refractivity contribution is 6.29. The first kappa shape index (κ1) is 16.1. The summed E-state index contributed by atoms with van der Waals surface area (Å²) in [5.74, 6) is 0.463. The van der Waals surface area contributed by atoms with Crippen LogP contribution in [0.4, 0.5) is 4.79 Å². The fraction of sp³-hybridized carbons (Fsp3) is 0.562. The van der Waals surface area contributed by atoms with Crippen LogP contribution in [-0.4, -0.2) is 46.6 Å². The molecule has 1 aliphatic heterocycles. The SMILES string of the molecule is CC(C)(C)OC(=O)N1C[C@@H]2C(NC(=O)c3ccnc(Cl)c3)[C@@H]2C1. The predicted octanol–water partition coefficient (Wildman–Crippen LogP) is 2.33. The van der Waals surface area contributed by atoms with Gasteiger partial charge in [0.15, 0.2) is 0 Å². The van der Waals surface area contributed by atoms with Gasteiger partial charge in [-0.1, -0.05) is 11.6 Å². The summed E-state index contributed by atoms with van der Waals surface area (Å²) in [7, 11) is 0. The highest BCUT2D eigenvalue weighted by Gasteiger charge is 2.57. The zero-order chi connectivity index (χ0) is 16.8. The Balaban J connectivity index is 1.51. The molecule has 1 unspecified atom stereocenters. The van der Waals surface area contributed by atoms with Gasteiger partial charge in [-0.15, -0.1) is 0 Å². The van der Waals surface area contributed by atoms with Crippen LogP contribution in [0.5, 0.6) is 0 Å². The van der Waals surface area contributed by atoms with Gasteiger partial charge in [-0.2, -0.15) is 0 Å². The predicted molar refractivity (Wildman–Crippen MR) is 85.3 cm³/mol. The monoisotopic (exact) mass is 337 g/mol. The third-order valence-corrected chi connectivity index (χ3v) is 4.34. The standard InChI is InChI=1S/C16H20ClN3O3/c1-16(2,3)23-15(22)20-7-10-11(8-20)13(10)19-14(21)9-4-5-18-12(17)6-9/h4-6,10-11,13H,7-8H2,1-3H3,(H,19,21)/t10-,11+,13?. The molecule has 2 aliphatic rings. The molecule has 0 radical (unpaired) electrons. The number of amides is 2. The number of ether oxygens (including phenoxy) is 1. The molecule has 1 saturated heterocycles. The molecule has 1 aromatic heterocycles. The van der Waals surface area contributed by atoms with E-state index in [0.29, 0.717) is 35.6 Å². The number of rotatable bonds is 2. The van der Waals surface area contributed by atoms with E-state index in [1.54, 1.807) is 17.0 Å². The lowest BCUT2D eigenvalue weighted by molar-refractivity contribution is 0.0270. The zero-order valence-electron chi connectivity index (χ0n) is 13.4. The van der Waals surface area contributed by atoms with Crippen molar-refractivity contribution in [2.24, 2.45) is 11.8 Å². The molecular formula is C16H20ClN3O3. The lowest BCUT2D eigenvalue weighted by atomic mass is 10.2. The third-order valence-electron chi connectivity index (χ3n) is 4.13. The van der Waals surface area contributed by atoms with Gasteiger partial charge in [0.2, 0.25) is 0 Å². The molecule has 0 spiro atoms. The Bertz CT molecular complexity index is 632. The number of nitrogens with zero attached hydrogens (tertiary/aromatic N) is 2. The molecule has 0 aromatic carbocycles. The molecule has 124 valence electrons. The van der Waals surface area contributed by atoms with Crippen LogP contribution < -0.4 is 5.32 Å². The molecule has 7 heteroatoms. The second-order valence-electron chi connectivity index (χ2n) is 7.08. The number of carbonyl (C=O) groups is 2. The minimum atomic E-state index is -0.488. The number of carbonyl (C=O) groups excluding carboxylic acids is 2. The van der Waals surface area contributed by atoms with Crippen molar-refractivity contribution in [3.05, 3.63) is 29.0 Å². The summed E-state index contributed by atoms with van der Waals surface area (Å²) in [6.07, 6.45) is 1.23. The Hall–Kier alpha value is -1.82. The van der Waals surface area contributed by atoms with Crippen LogP contribution in [0.1, 0.15) is 31.1 Å². The molecule has 2 heterocycles. The number of pyridine rings is 1. The van der Waals surface area contributed by atoms with Gasteiger partial charge in [-0.3, -0.25) is 4.79 Å². The average molecular weight is 338 g/mol. The molecule has 0 bridgehead atoms. The van der Waals surface area contributed by atoms with Gasteiger partial charge < -0.3 is 15.0 Å². The van der Waals surface area contributed by atoms with E-state index in [-0.39, 0.29) is 18.0 Å². The molecule has 6 nitrogen and oxygen atoms in total. The largest absolute Gasteiger partial charge is 0.444 e. The first-order chi connectivity index (χ1) is 10.7. The Morgan fingerprint density at radius 3 is 2.57 bits per heavy atom. The second kappa shape index (κ2) is 5.67. The van der Waals surface area contributed by atoms with Crippen molar-refractivity contribution >= 4 is 23.6 Å². The van der Waals surface area contributed by atoms with E-state index in [0.717, 1.165) is 0 Å². The van der Waals surface area contributed by atoms with E-state index in [1.807, 2.05) is 20.8 Å². The number of halogens is 1.